The third kappa shape index (κ3) is 16.8. The largest absolute Gasteiger partial charge is 0.349 e. The molecule has 5 heterocycles. The fraction of sp³-hybridized carbons (Fsp3) is 0.343. The minimum absolute atomic E-state index is 0.0195. The molecule has 6 N–H and O–H groups in total. The molecule has 20 nitrogen and oxygen atoms in total. The smallest absolute Gasteiger partial charge is 0.294 e. The molecule has 8 aromatic rings. The molecule has 0 bridgehead atoms. The van der Waals surface area contributed by atoms with Crippen LogP contribution in [0, 0.1) is 85.2 Å². The van der Waals surface area contributed by atoms with Crippen LogP contribution in [0.4, 0.5) is 30.2 Å². The Morgan fingerprint density at radius 1 is 0.521 bits per heavy atom. The van der Waals surface area contributed by atoms with Gasteiger partial charge in [-0.15, -0.1) is 11.3 Å². The van der Waals surface area contributed by atoms with Crippen LogP contribution in [0.1, 0.15) is 157 Å². The van der Waals surface area contributed by atoms with Crippen LogP contribution in [0.3, 0.4) is 0 Å². The summed E-state index contributed by atoms with van der Waals surface area (Å²) in [5.74, 6) is -6.50. The van der Waals surface area contributed by atoms with Crippen molar-refractivity contribution in [3.8, 4) is 0 Å². The molecule has 496 valence electrons. The molecule has 6 amide bonds. The summed E-state index contributed by atoms with van der Waals surface area (Å²) >= 11 is 1.59. The first-order valence-electron chi connectivity index (χ1n) is 30.6. The van der Waals surface area contributed by atoms with Gasteiger partial charge in [0.1, 0.15) is 17.5 Å². The minimum Gasteiger partial charge on any atom is -0.349 e. The molecule has 0 radical (unpaired) electrons. The average Bonchev–Trinajstić information content (AvgIpc) is 1.64. The maximum Gasteiger partial charge on any atom is 0.294 e. The van der Waals surface area contributed by atoms with Crippen molar-refractivity contribution in [3.63, 3.8) is 0 Å². The molecule has 0 atom stereocenters. The van der Waals surface area contributed by atoms with Gasteiger partial charge in [-0.25, -0.2) is 18.2 Å². The first-order valence-corrected chi connectivity index (χ1v) is 31.5. The molecule has 0 saturated heterocycles. The van der Waals surface area contributed by atoms with Gasteiger partial charge in [-0.2, -0.15) is 0 Å². The minimum atomic E-state index is -0.745. The second-order valence-electron chi connectivity index (χ2n) is 23.9. The molecule has 1 aliphatic carbocycles. The Bertz CT molecular complexity index is 4030. The number of thiophene rings is 1. The van der Waals surface area contributed by atoms with Gasteiger partial charge in [0.15, 0.2) is 0 Å². The molecule has 0 aliphatic heterocycles. The van der Waals surface area contributed by atoms with Gasteiger partial charge >= 0.3 is 0 Å². The zero-order valence-electron chi connectivity index (χ0n) is 55.2. The fourth-order valence-corrected chi connectivity index (χ4v) is 12.3. The standard InChI is InChI=1S/C25H32FN3O3.C23H24FN3O3S.C22H24FN5O3/c1-15-13-18(9-10-19(15)26)28-23(31)20-16(2)21(29(5)17(20)3)22(30)24(32)27-14-25(4)11-7-6-8-12-25;1-13-12-16(7-8-18(13)24)26-22(29)19-14(2)20(27(4)15(19)3)21(28)23(30)25-10-9-17-6-5-11-31-17;1-13-11-16(5-6-17(13)23)26-21(30)18-14(2)19(27(4)15(18)3)20(29)22(31)25-8-10-28-9-7-24-12-28/h9-10,13H,6-8,11-12,14H2,1-5H3,(H,27,32)(H,28,31);5-8,11-12H,9-10H2,1-4H3,(H,25,30)(H,26,29);5-7,9,11-12H,8,10H2,1-4H3,(H,25,31)(H,26,30). The summed E-state index contributed by atoms with van der Waals surface area (Å²) in [6, 6.07) is 16.8. The van der Waals surface area contributed by atoms with Gasteiger partial charge in [0, 0.05) is 98.7 Å². The number of nitrogens with one attached hydrogen (secondary N) is 6. The predicted molar refractivity (Wildman–Crippen MR) is 355 cm³/mol. The number of carbonyl (C=O) groups excluding carboxylic acids is 9. The number of aryl methyl sites for hydroxylation is 3. The number of hydrogen-bond acceptors (Lipinski definition) is 11. The van der Waals surface area contributed by atoms with Crippen LogP contribution in [0.5, 0.6) is 0 Å². The summed E-state index contributed by atoms with van der Waals surface area (Å²) in [6.07, 6.45) is 11.2. The van der Waals surface area contributed by atoms with Crippen LogP contribution in [-0.4, -0.2) is 95.7 Å². The fourth-order valence-electron chi connectivity index (χ4n) is 11.6. The van der Waals surface area contributed by atoms with E-state index in [-0.39, 0.29) is 46.5 Å². The van der Waals surface area contributed by atoms with E-state index in [4.69, 9.17) is 0 Å². The third-order valence-corrected chi connectivity index (χ3v) is 18.1. The van der Waals surface area contributed by atoms with Gasteiger partial charge in [0.2, 0.25) is 0 Å². The number of halogens is 3. The number of nitrogens with zero attached hydrogens (tertiary/aromatic N) is 5. The molecule has 5 aromatic heterocycles. The monoisotopic (exact) mass is 1310 g/mol. The molecular weight excluding hydrogens is 1230 g/mol. The lowest BCUT2D eigenvalue weighted by Gasteiger charge is -2.33. The van der Waals surface area contributed by atoms with E-state index in [2.05, 4.69) is 43.8 Å². The number of carbonyl (C=O) groups is 9. The summed E-state index contributed by atoms with van der Waals surface area (Å²) in [5, 5.41) is 18.2. The number of imidazole rings is 1. The van der Waals surface area contributed by atoms with Gasteiger partial charge in [0.05, 0.1) is 40.1 Å². The lowest BCUT2D eigenvalue weighted by molar-refractivity contribution is -0.118. The number of anilines is 3. The van der Waals surface area contributed by atoms with Gasteiger partial charge in [0.25, 0.3) is 52.8 Å². The van der Waals surface area contributed by atoms with Crippen molar-refractivity contribution in [3.05, 3.63) is 197 Å². The van der Waals surface area contributed by atoms with Crippen LogP contribution in [0.25, 0.3) is 0 Å². The quantitative estimate of drug-likeness (QED) is 0.0311. The van der Waals surface area contributed by atoms with Crippen LogP contribution in [-0.2, 0) is 48.5 Å². The summed E-state index contributed by atoms with van der Waals surface area (Å²) in [6.45, 7) is 18.6. The maximum atomic E-state index is 13.5. The second kappa shape index (κ2) is 31.1. The SMILES string of the molecule is Cc1cc(NC(=O)c2c(C)c(C(=O)C(=O)NCC3(C)CCCCC3)n(C)c2C)ccc1F.Cc1cc(NC(=O)c2c(C)c(C(=O)C(=O)NCCc3cccs3)n(C)c2C)ccc1F.Cc1cc(NC(=O)c2c(C)c(C(=O)C(=O)NCCn3ccnc3)n(C)c2C)ccc1F. The lowest BCUT2D eigenvalue weighted by atomic mass is 9.76. The summed E-state index contributed by atoms with van der Waals surface area (Å²) in [7, 11) is 4.95. The van der Waals surface area contributed by atoms with E-state index in [0.717, 1.165) is 30.6 Å². The molecule has 1 fully saturated rings. The molecule has 24 heteroatoms. The highest BCUT2D eigenvalue weighted by Gasteiger charge is 2.33. The Labute approximate surface area is 548 Å². The topological polar surface area (TPSA) is 258 Å². The second-order valence-corrected chi connectivity index (χ2v) is 24.9. The van der Waals surface area contributed by atoms with Crippen LogP contribution < -0.4 is 31.9 Å². The zero-order valence-corrected chi connectivity index (χ0v) is 56.0. The number of amides is 6. The molecule has 1 saturated carbocycles. The van der Waals surface area contributed by atoms with Crippen molar-refractivity contribution in [2.24, 2.45) is 26.6 Å². The molecule has 94 heavy (non-hydrogen) atoms. The van der Waals surface area contributed by atoms with Gasteiger partial charge in [-0.3, -0.25) is 43.2 Å². The number of benzene rings is 3. The molecule has 3 aromatic carbocycles. The Morgan fingerprint density at radius 3 is 1.26 bits per heavy atom. The highest BCUT2D eigenvalue weighted by atomic mass is 32.1. The highest BCUT2D eigenvalue weighted by molar-refractivity contribution is 7.09. The van der Waals surface area contributed by atoms with Crippen LogP contribution in [0.15, 0.2) is 90.8 Å². The van der Waals surface area contributed by atoms with Crippen molar-refractivity contribution in [2.75, 3.05) is 35.6 Å². The molecule has 9 rings (SSSR count). The molecule has 0 unspecified atom stereocenters. The lowest BCUT2D eigenvalue weighted by Crippen LogP contribution is -2.40. The maximum absolute atomic E-state index is 13.5. The molecule has 1 aliphatic rings. The normalized spacial score (nSPS) is 12.3. The average molecular weight is 1310 g/mol. The van der Waals surface area contributed by atoms with E-state index in [1.807, 2.05) is 17.5 Å². The highest BCUT2D eigenvalue weighted by Crippen LogP contribution is 2.35. The number of Topliss-reactive ketones (excluding diaryl/α,β-unsaturated/α-hetero) is 3. The van der Waals surface area contributed by atoms with Crippen molar-refractivity contribution >= 4 is 81.2 Å². The van der Waals surface area contributed by atoms with Crippen molar-refractivity contribution < 1.29 is 56.3 Å². The van der Waals surface area contributed by atoms with Crippen molar-refractivity contribution in [1.29, 1.82) is 0 Å². The Hall–Kier alpha value is -9.97. The zero-order chi connectivity index (χ0) is 69.0. The Balaban J connectivity index is 0.000000200. The van der Waals surface area contributed by atoms with Crippen LogP contribution >= 0.6 is 11.3 Å². The first kappa shape index (κ1) is 71.5. The molecule has 0 spiro atoms. The van der Waals surface area contributed by atoms with Crippen LogP contribution in [0.2, 0.25) is 0 Å². The Kier molecular flexibility index (Phi) is 23.6. The van der Waals surface area contributed by atoms with E-state index in [9.17, 15) is 56.3 Å². The van der Waals surface area contributed by atoms with E-state index < -0.39 is 52.8 Å². The summed E-state index contributed by atoms with van der Waals surface area (Å²) < 4.78 is 47.0. The number of ketones is 3. The first-order chi connectivity index (χ1) is 44.4. The van der Waals surface area contributed by atoms with E-state index >= 15 is 0 Å². The van der Waals surface area contributed by atoms with E-state index in [1.165, 1.54) is 59.5 Å². The third-order valence-electron chi connectivity index (χ3n) is 17.2. The van der Waals surface area contributed by atoms with Crippen molar-refractivity contribution in [2.45, 2.75) is 114 Å². The van der Waals surface area contributed by atoms with Gasteiger partial charge in [-0.05, 0) is 186 Å². The Morgan fingerprint density at radius 2 is 0.904 bits per heavy atom. The van der Waals surface area contributed by atoms with Gasteiger partial charge in [-0.1, -0.05) is 32.3 Å². The molecular formula is C70H80F3N11O9S. The summed E-state index contributed by atoms with van der Waals surface area (Å²) in [4.78, 5) is 120. The summed E-state index contributed by atoms with van der Waals surface area (Å²) in [5.41, 5.74) is 7.06. The van der Waals surface area contributed by atoms with Gasteiger partial charge < -0.3 is 50.2 Å². The number of aromatic nitrogens is 5. The predicted octanol–water partition coefficient (Wildman–Crippen LogP) is 11.1. The number of rotatable bonds is 20. The number of hydrogen-bond donors (Lipinski definition) is 6. The van der Waals surface area contributed by atoms with E-state index in [1.54, 1.807) is 133 Å². The van der Waals surface area contributed by atoms with Crippen molar-refractivity contribution in [1.82, 2.24) is 39.2 Å². The van der Waals surface area contributed by atoms with E-state index in [0.29, 0.717) is 110 Å².